The van der Waals surface area contributed by atoms with Gasteiger partial charge >= 0.3 is 0 Å². The number of carbonyl (C=O) groups is 2. The maximum Gasteiger partial charge on any atom is 0.261 e. The zero-order chi connectivity index (χ0) is 24.1. The zero-order valence-electron chi connectivity index (χ0n) is 19.3. The van der Waals surface area contributed by atoms with Crippen LogP contribution < -0.4 is 14.8 Å². The van der Waals surface area contributed by atoms with Crippen molar-refractivity contribution in [3.8, 4) is 5.75 Å². The van der Waals surface area contributed by atoms with E-state index in [1.54, 1.807) is 41.3 Å². The van der Waals surface area contributed by atoms with Crippen molar-refractivity contribution in [1.29, 1.82) is 0 Å². The van der Waals surface area contributed by atoms with Crippen molar-refractivity contribution in [2.24, 2.45) is 5.92 Å². The fourth-order valence-corrected chi connectivity index (χ4v) is 5.66. The molecule has 8 nitrogen and oxygen atoms in total. The van der Waals surface area contributed by atoms with Crippen LogP contribution in [-0.2, 0) is 14.8 Å². The molecule has 1 saturated heterocycles. The number of anilines is 1. The molecule has 0 unspecified atom stereocenters. The molecule has 2 aromatic rings. The molecule has 1 aliphatic carbocycles. The number of nitrogens with one attached hydrogen (secondary N) is 2. The smallest absolute Gasteiger partial charge is 0.261 e. The quantitative estimate of drug-likeness (QED) is 0.625. The number of methoxy groups -OCH3 is 1. The predicted octanol–water partition coefficient (Wildman–Crippen LogP) is 3.41. The predicted molar refractivity (Wildman–Crippen MR) is 129 cm³/mol. The van der Waals surface area contributed by atoms with Crippen LogP contribution in [0.25, 0.3) is 0 Å². The third-order valence-electron chi connectivity index (χ3n) is 6.53. The second kappa shape index (κ2) is 10.5. The first kappa shape index (κ1) is 24.1. The molecule has 1 saturated carbocycles. The molecule has 182 valence electrons. The van der Waals surface area contributed by atoms with Gasteiger partial charge < -0.3 is 15.0 Å². The molecular weight excluding hydrogens is 454 g/mol. The molecule has 0 radical (unpaired) electrons. The molecule has 0 aromatic heterocycles. The van der Waals surface area contributed by atoms with Crippen molar-refractivity contribution < 1.29 is 22.7 Å². The maximum absolute atomic E-state index is 13.0. The van der Waals surface area contributed by atoms with Gasteiger partial charge in [-0.3, -0.25) is 14.3 Å². The lowest BCUT2D eigenvalue weighted by molar-refractivity contribution is -0.127. The Bertz CT molecular complexity index is 1110. The first-order valence-electron chi connectivity index (χ1n) is 11.7. The van der Waals surface area contributed by atoms with Crippen LogP contribution in [0.2, 0.25) is 0 Å². The van der Waals surface area contributed by atoms with Crippen LogP contribution in [0.15, 0.2) is 53.4 Å². The molecule has 0 bridgehead atoms. The summed E-state index contributed by atoms with van der Waals surface area (Å²) in [5.41, 5.74) is 0.823. The first-order chi connectivity index (χ1) is 16.4. The van der Waals surface area contributed by atoms with Crippen LogP contribution in [0.5, 0.6) is 5.75 Å². The summed E-state index contributed by atoms with van der Waals surface area (Å²) < 4.78 is 32.8. The number of nitrogens with zero attached hydrogens (tertiary/aromatic N) is 1. The zero-order valence-corrected chi connectivity index (χ0v) is 20.1. The molecule has 2 fully saturated rings. The number of carbonyl (C=O) groups excluding carboxylic acids is 2. The van der Waals surface area contributed by atoms with Gasteiger partial charge in [0, 0.05) is 30.4 Å². The maximum atomic E-state index is 13.0. The van der Waals surface area contributed by atoms with Crippen molar-refractivity contribution in [2.75, 3.05) is 24.9 Å². The van der Waals surface area contributed by atoms with E-state index in [2.05, 4.69) is 10.0 Å². The minimum Gasteiger partial charge on any atom is -0.497 e. The van der Waals surface area contributed by atoms with Crippen LogP contribution in [0.3, 0.4) is 0 Å². The standard InChI is InChI=1S/C25H31N3O5S/c1-33-22-12-14-23(15-13-22)34(31,32)27-21-10-8-18(9-11-21)25(30)28-16-4-5-19(17-28)24(29)26-20-6-2-3-7-20/h8-15,19-20,27H,2-7,16-17H2,1H3,(H,26,29)/t19-/m0/s1. The van der Waals surface area contributed by atoms with E-state index in [-0.39, 0.29) is 28.7 Å². The average molecular weight is 486 g/mol. The Morgan fingerprint density at radius 1 is 0.941 bits per heavy atom. The number of piperidine rings is 1. The van der Waals surface area contributed by atoms with E-state index in [0.717, 1.165) is 38.5 Å². The molecule has 1 atom stereocenters. The van der Waals surface area contributed by atoms with Gasteiger partial charge in [-0.2, -0.15) is 0 Å². The number of hydrogen-bond donors (Lipinski definition) is 2. The summed E-state index contributed by atoms with van der Waals surface area (Å²) in [6, 6.07) is 12.7. The molecule has 1 aliphatic heterocycles. The van der Waals surface area contributed by atoms with Crippen molar-refractivity contribution in [2.45, 2.75) is 49.5 Å². The van der Waals surface area contributed by atoms with E-state index < -0.39 is 10.0 Å². The van der Waals surface area contributed by atoms with Gasteiger partial charge in [0.2, 0.25) is 5.91 Å². The lowest BCUT2D eigenvalue weighted by atomic mass is 9.96. The van der Waals surface area contributed by atoms with Gasteiger partial charge in [0.05, 0.1) is 17.9 Å². The summed E-state index contributed by atoms with van der Waals surface area (Å²) in [6.07, 6.45) is 5.97. The van der Waals surface area contributed by atoms with Crippen LogP contribution in [0.1, 0.15) is 48.9 Å². The summed E-state index contributed by atoms with van der Waals surface area (Å²) in [6.45, 7) is 1.02. The van der Waals surface area contributed by atoms with Crippen LogP contribution >= 0.6 is 0 Å². The van der Waals surface area contributed by atoms with Gasteiger partial charge in [0.25, 0.3) is 15.9 Å². The molecular formula is C25H31N3O5S. The van der Waals surface area contributed by atoms with Crippen LogP contribution in [0, 0.1) is 5.92 Å². The van der Waals surface area contributed by atoms with Crippen molar-refractivity contribution in [3.63, 3.8) is 0 Å². The van der Waals surface area contributed by atoms with Crippen molar-refractivity contribution in [1.82, 2.24) is 10.2 Å². The van der Waals surface area contributed by atoms with Crippen molar-refractivity contribution >= 4 is 27.5 Å². The first-order valence-corrected chi connectivity index (χ1v) is 13.2. The molecule has 9 heteroatoms. The summed E-state index contributed by atoms with van der Waals surface area (Å²) >= 11 is 0. The second-order valence-electron chi connectivity index (χ2n) is 8.94. The molecule has 2 aromatic carbocycles. The molecule has 1 heterocycles. The Balaban J connectivity index is 1.36. The number of likely N-dealkylation sites (tertiary alicyclic amines) is 1. The SMILES string of the molecule is COc1ccc(S(=O)(=O)Nc2ccc(C(=O)N3CCC[C@H](C(=O)NC4CCCC4)C3)cc2)cc1. The Labute approximate surface area is 200 Å². The molecule has 2 amide bonds. The average Bonchev–Trinajstić information content (AvgIpc) is 3.37. The number of rotatable bonds is 7. The number of ether oxygens (including phenoxy) is 1. The van der Waals surface area contributed by atoms with Gasteiger partial charge in [0.15, 0.2) is 0 Å². The molecule has 4 rings (SSSR count). The van der Waals surface area contributed by atoms with E-state index in [9.17, 15) is 18.0 Å². The lowest BCUT2D eigenvalue weighted by Crippen LogP contribution is -2.47. The van der Waals surface area contributed by atoms with E-state index in [0.29, 0.717) is 30.1 Å². The normalized spacial score (nSPS) is 19.0. The Morgan fingerprint density at radius 2 is 1.62 bits per heavy atom. The van der Waals surface area contributed by atoms with E-state index in [1.165, 1.54) is 19.2 Å². The Morgan fingerprint density at radius 3 is 2.26 bits per heavy atom. The highest BCUT2D eigenvalue weighted by atomic mass is 32.2. The van der Waals surface area contributed by atoms with Gasteiger partial charge in [-0.25, -0.2) is 8.42 Å². The topological polar surface area (TPSA) is 105 Å². The van der Waals surface area contributed by atoms with E-state index >= 15 is 0 Å². The summed E-state index contributed by atoms with van der Waals surface area (Å²) in [7, 11) is -2.25. The molecule has 2 aliphatic rings. The highest BCUT2D eigenvalue weighted by molar-refractivity contribution is 7.92. The van der Waals surface area contributed by atoms with Crippen LogP contribution in [-0.4, -0.2) is 51.4 Å². The fourth-order valence-electron chi connectivity index (χ4n) is 4.60. The van der Waals surface area contributed by atoms with Gasteiger partial charge in [0.1, 0.15) is 5.75 Å². The Kier molecular flexibility index (Phi) is 7.41. The van der Waals surface area contributed by atoms with E-state index in [4.69, 9.17) is 4.74 Å². The number of hydrogen-bond acceptors (Lipinski definition) is 5. The molecule has 2 N–H and O–H groups in total. The second-order valence-corrected chi connectivity index (χ2v) is 10.6. The highest BCUT2D eigenvalue weighted by Crippen LogP contribution is 2.23. The minimum atomic E-state index is -3.76. The largest absolute Gasteiger partial charge is 0.497 e. The third kappa shape index (κ3) is 5.70. The van der Waals surface area contributed by atoms with Crippen LogP contribution in [0.4, 0.5) is 5.69 Å². The van der Waals surface area contributed by atoms with Gasteiger partial charge in [-0.15, -0.1) is 0 Å². The number of sulfonamides is 1. The molecule has 0 spiro atoms. The summed E-state index contributed by atoms with van der Waals surface area (Å²) in [4.78, 5) is 27.5. The summed E-state index contributed by atoms with van der Waals surface area (Å²) in [5, 5.41) is 3.15. The molecule has 34 heavy (non-hydrogen) atoms. The number of benzene rings is 2. The minimum absolute atomic E-state index is 0.0488. The van der Waals surface area contributed by atoms with Crippen molar-refractivity contribution in [3.05, 3.63) is 54.1 Å². The van der Waals surface area contributed by atoms with Gasteiger partial charge in [-0.1, -0.05) is 12.8 Å². The Hall–Kier alpha value is -3.07. The highest BCUT2D eigenvalue weighted by Gasteiger charge is 2.30. The lowest BCUT2D eigenvalue weighted by Gasteiger charge is -2.32. The fraction of sp³-hybridized carbons (Fsp3) is 0.440. The number of amides is 2. The monoisotopic (exact) mass is 485 g/mol. The van der Waals surface area contributed by atoms with Gasteiger partial charge in [-0.05, 0) is 74.2 Å². The summed E-state index contributed by atoms with van der Waals surface area (Å²) in [5.74, 6) is 0.280. The van der Waals surface area contributed by atoms with E-state index in [1.807, 2.05) is 0 Å². The third-order valence-corrected chi connectivity index (χ3v) is 7.93.